The second kappa shape index (κ2) is 6.44. The van der Waals surface area contributed by atoms with Crippen LogP contribution in [0.15, 0.2) is 53.6 Å². The van der Waals surface area contributed by atoms with Gasteiger partial charge in [0.2, 0.25) is 0 Å². The Morgan fingerprint density at radius 3 is 2.37 bits per heavy atom. The Morgan fingerprint density at radius 1 is 0.947 bits per heavy atom. The maximum absolute atomic E-state index is 5.24. The van der Waals surface area contributed by atoms with Gasteiger partial charge in [-0.15, -0.1) is 0 Å². The van der Waals surface area contributed by atoms with Gasteiger partial charge in [-0.25, -0.2) is 0 Å². The van der Waals surface area contributed by atoms with E-state index in [9.17, 15) is 0 Å². The molecule has 0 fully saturated rings. The number of para-hydroxylation sites is 1. The fourth-order valence-corrected chi connectivity index (χ4v) is 1.61. The predicted octanol–water partition coefficient (Wildman–Crippen LogP) is 3.15. The topological polar surface area (TPSA) is 42.8 Å². The van der Waals surface area contributed by atoms with E-state index in [0.29, 0.717) is 0 Å². The minimum Gasteiger partial charge on any atom is -0.497 e. The first kappa shape index (κ1) is 13.0. The van der Waals surface area contributed by atoms with Gasteiger partial charge in [0, 0.05) is 5.56 Å². The molecule has 0 atom stereocenters. The van der Waals surface area contributed by atoms with E-state index in [0.717, 1.165) is 22.7 Å². The van der Waals surface area contributed by atoms with Gasteiger partial charge in [-0.05, 0) is 36.4 Å². The van der Waals surface area contributed by atoms with E-state index < -0.39 is 0 Å². The van der Waals surface area contributed by atoms with Gasteiger partial charge < -0.3 is 9.47 Å². The zero-order chi connectivity index (χ0) is 13.5. The van der Waals surface area contributed by atoms with E-state index in [1.165, 1.54) is 0 Å². The molecule has 0 amide bonds. The van der Waals surface area contributed by atoms with E-state index in [1.54, 1.807) is 20.4 Å². The molecule has 0 saturated heterocycles. The van der Waals surface area contributed by atoms with Gasteiger partial charge in [-0.1, -0.05) is 12.1 Å². The number of rotatable bonds is 5. The predicted molar refractivity (Wildman–Crippen MR) is 77.2 cm³/mol. The van der Waals surface area contributed by atoms with Crippen molar-refractivity contribution in [2.75, 3.05) is 19.6 Å². The molecule has 0 spiro atoms. The molecule has 0 aliphatic rings. The molecule has 0 aliphatic heterocycles. The first-order valence-electron chi connectivity index (χ1n) is 5.89. The zero-order valence-electron chi connectivity index (χ0n) is 11.0. The Hall–Kier alpha value is -2.49. The standard InChI is InChI=1S/C15H16N2O2/c1-18-14-9-7-13(8-10-14)17-16-11-12-5-3-4-6-15(12)19-2/h3-11,17H,1-2H3/b16-11+. The molecule has 2 aromatic carbocycles. The highest BCUT2D eigenvalue weighted by molar-refractivity contribution is 5.83. The lowest BCUT2D eigenvalue weighted by Crippen LogP contribution is -1.93. The number of nitrogens with zero attached hydrogens (tertiary/aromatic N) is 1. The minimum absolute atomic E-state index is 0.794. The van der Waals surface area contributed by atoms with Crippen LogP contribution in [0.1, 0.15) is 5.56 Å². The van der Waals surface area contributed by atoms with Crippen LogP contribution in [0.4, 0.5) is 5.69 Å². The smallest absolute Gasteiger partial charge is 0.127 e. The summed E-state index contributed by atoms with van der Waals surface area (Å²) < 4.78 is 10.3. The fourth-order valence-electron chi connectivity index (χ4n) is 1.61. The molecule has 1 N–H and O–H groups in total. The highest BCUT2D eigenvalue weighted by atomic mass is 16.5. The van der Waals surface area contributed by atoms with Crippen molar-refractivity contribution in [3.8, 4) is 11.5 Å². The molecule has 19 heavy (non-hydrogen) atoms. The lowest BCUT2D eigenvalue weighted by molar-refractivity contribution is 0.414. The van der Waals surface area contributed by atoms with Crippen molar-refractivity contribution in [3.63, 3.8) is 0 Å². The molecule has 0 aromatic heterocycles. The Morgan fingerprint density at radius 2 is 1.68 bits per heavy atom. The summed E-state index contributed by atoms with van der Waals surface area (Å²) in [5.74, 6) is 1.61. The summed E-state index contributed by atoms with van der Waals surface area (Å²) in [6.45, 7) is 0. The number of nitrogens with one attached hydrogen (secondary N) is 1. The summed E-state index contributed by atoms with van der Waals surface area (Å²) in [4.78, 5) is 0. The van der Waals surface area contributed by atoms with Crippen LogP contribution in [0.5, 0.6) is 11.5 Å². The number of benzene rings is 2. The van der Waals surface area contributed by atoms with Gasteiger partial charge in [-0.2, -0.15) is 5.10 Å². The normalized spacial score (nSPS) is 10.4. The minimum atomic E-state index is 0.794. The van der Waals surface area contributed by atoms with Crippen molar-refractivity contribution in [2.45, 2.75) is 0 Å². The molecule has 4 nitrogen and oxygen atoms in total. The number of hydrogen-bond donors (Lipinski definition) is 1. The van der Waals surface area contributed by atoms with E-state index in [-0.39, 0.29) is 0 Å². The largest absolute Gasteiger partial charge is 0.497 e. The summed E-state index contributed by atoms with van der Waals surface area (Å²) in [7, 11) is 3.28. The van der Waals surface area contributed by atoms with Crippen LogP contribution in [-0.4, -0.2) is 20.4 Å². The van der Waals surface area contributed by atoms with Crippen molar-refractivity contribution in [1.82, 2.24) is 0 Å². The third-order valence-corrected chi connectivity index (χ3v) is 2.63. The van der Waals surface area contributed by atoms with Crippen LogP contribution >= 0.6 is 0 Å². The number of ether oxygens (including phenoxy) is 2. The van der Waals surface area contributed by atoms with Gasteiger partial charge in [0.1, 0.15) is 11.5 Å². The summed E-state index contributed by atoms with van der Waals surface area (Å²) in [5.41, 5.74) is 4.77. The molecular weight excluding hydrogens is 240 g/mol. The summed E-state index contributed by atoms with van der Waals surface area (Å²) in [5, 5.41) is 4.18. The van der Waals surface area contributed by atoms with Crippen LogP contribution in [-0.2, 0) is 0 Å². The van der Waals surface area contributed by atoms with E-state index in [2.05, 4.69) is 10.5 Å². The third kappa shape index (κ3) is 3.48. The molecule has 0 radical (unpaired) electrons. The van der Waals surface area contributed by atoms with Gasteiger partial charge in [0.05, 0.1) is 26.1 Å². The van der Waals surface area contributed by atoms with Crippen LogP contribution < -0.4 is 14.9 Å². The SMILES string of the molecule is COc1ccc(N/N=C/c2ccccc2OC)cc1. The molecule has 98 valence electrons. The highest BCUT2D eigenvalue weighted by Crippen LogP contribution is 2.16. The second-order valence-electron chi connectivity index (χ2n) is 3.84. The molecular formula is C15H16N2O2. The Kier molecular flexibility index (Phi) is 4.39. The quantitative estimate of drug-likeness (QED) is 0.660. The second-order valence-corrected chi connectivity index (χ2v) is 3.84. The fraction of sp³-hybridized carbons (Fsp3) is 0.133. The van der Waals surface area contributed by atoms with Crippen molar-refractivity contribution in [3.05, 3.63) is 54.1 Å². The van der Waals surface area contributed by atoms with Crippen LogP contribution in [0.2, 0.25) is 0 Å². The molecule has 0 heterocycles. The molecule has 2 aromatic rings. The van der Waals surface area contributed by atoms with E-state index >= 15 is 0 Å². The molecule has 0 unspecified atom stereocenters. The van der Waals surface area contributed by atoms with Crippen LogP contribution in [0.3, 0.4) is 0 Å². The van der Waals surface area contributed by atoms with Gasteiger partial charge in [-0.3, -0.25) is 5.43 Å². The maximum Gasteiger partial charge on any atom is 0.127 e. The highest BCUT2D eigenvalue weighted by Gasteiger charge is 1.97. The number of hydrogen-bond acceptors (Lipinski definition) is 4. The molecule has 0 saturated carbocycles. The Balaban J connectivity index is 2.02. The van der Waals surface area contributed by atoms with Crippen molar-refractivity contribution < 1.29 is 9.47 Å². The van der Waals surface area contributed by atoms with Crippen LogP contribution in [0.25, 0.3) is 0 Å². The average Bonchev–Trinajstić information content (AvgIpc) is 2.48. The monoisotopic (exact) mass is 256 g/mol. The molecule has 0 bridgehead atoms. The Labute approximate surface area is 112 Å². The first-order chi connectivity index (χ1) is 9.33. The van der Waals surface area contributed by atoms with Crippen molar-refractivity contribution >= 4 is 11.9 Å². The number of methoxy groups -OCH3 is 2. The summed E-state index contributed by atoms with van der Waals surface area (Å²) in [6.07, 6.45) is 1.73. The number of anilines is 1. The van der Waals surface area contributed by atoms with E-state index in [4.69, 9.17) is 9.47 Å². The van der Waals surface area contributed by atoms with Crippen molar-refractivity contribution in [1.29, 1.82) is 0 Å². The van der Waals surface area contributed by atoms with Gasteiger partial charge in [0.25, 0.3) is 0 Å². The first-order valence-corrected chi connectivity index (χ1v) is 5.89. The lowest BCUT2D eigenvalue weighted by Gasteiger charge is -2.04. The zero-order valence-corrected chi connectivity index (χ0v) is 11.0. The Bertz CT molecular complexity index is 550. The third-order valence-electron chi connectivity index (χ3n) is 2.63. The van der Waals surface area contributed by atoms with Crippen LogP contribution in [0, 0.1) is 0 Å². The maximum atomic E-state index is 5.24. The van der Waals surface area contributed by atoms with Gasteiger partial charge in [0.15, 0.2) is 0 Å². The molecule has 4 heteroatoms. The van der Waals surface area contributed by atoms with E-state index in [1.807, 2.05) is 48.5 Å². The molecule has 2 rings (SSSR count). The summed E-state index contributed by atoms with van der Waals surface area (Å²) >= 11 is 0. The lowest BCUT2D eigenvalue weighted by atomic mass is 10.2. The average molecular weight is 256 g/mol. The number of hydrazone groups is 1. The molecule has 0 aliphatic carbocycles. The van der Waals surface area contributed by atoms with Gasteiger partial charge >= 0.3 is 0 Å². The summed E-state index contributed by atoms with van der Waals surface area (Å²) in [6, 6.07) is 15.3. The van der Waals surface area contributed by atoms with Crippen molar-refractivity contribution in [2.24, 2.45) is 5.10 Å².